The normalized spacial score (nSPS) is 11.6. The topological polar surface area (TPSA) is 60.2 Å². The van der Waals surface area contributed by atoms with Crippen molar-refractivity contribution in [3.05, 3.63) is 65.0 Å². The summed E-state index contributed by atoms with van der Waals surface area (Å²) in [6.45, 7) is 2.06. The van der Waals surface area contributed by atoms with E-state index in [1.165, 1.54) is 12.1 Å². The highest BCUT2D eigenvalue weighted by Gasteiger charge is 2.16. The van der Waals surface area contributed by atoms with E-state index in [4.69, 9.17) is 5.73 Å². The first-order valence-electron chi connectivity index (χ1n) is 6.18. The monoisotopic (exact) mass is 293 g/mol. The van der Waals surface area contributed by atoms with Crippen molar-refractivity contribution in [1.29, 1.82) is 0 Å². The second-order valence-electron chi connectivity index (χ2n) is 4.74. The van der Waals surface area contributed by atoms with Gasteiger partial charge < -0.3 is 5.73 Å². The molecule has 0 aliphatic heterocycles. The molecule has 0 atom stereocenters. The molecule has 0 fully saturated rings. The Morgan fingerprint density at radius 1 is 1.05 bits per heavy atom. The Morgan fingerprint density at radius 2 is 1.65 bits per heavy atom. The van der Waals surface area contributed by atoms with Gasteiger partial charge in [-0.2, -0.15) is 0 Å². The average Bonchev–Trinajstić information content (AvgIpc) is 2.37. The van der Waals surface area contributed by atoms with Crippen LogP contribution in [0.2, 0.25) is 0 Å². The lowest BCUT2D eigenvalue weighted by Gasteiger charge is -2.07. The van der Waals surface area contributed by atoms with Crippen LogP contribution in [0.25, 0.3) is 0 Å². The first-order valence-corrected chi connectivity index (χ1v) is 7.84. The molecule has 3 nitrogen and oxygen atoms in total. The summed E-state index contributed by atoms with van der Waals surface area (Å²) in [6, 6.07) is 10.8. The van der Waals surface area contributed by atoms with Gasteiger partial charge in [-0.3, -0.25) is 0 Å². The lowest BCUT2D eigenvalue weighted by atomic mass is 10.1. The van der Waals surface area contributed by atoms with Crippen molar-refractivity contribution in [3.8, 4) is 0 Å². The second kappa shape index (κ2) is 5.73. The number of sulfone groups is 1. The van der Waals surface area contributed by atoms with Gasteiger partial charge in [0.25, 0.3) is 0 Å². The van der Waals surface area contributed by atoms with E-state index in [-0.39, 0.29) is 17.2 Å². The second-order valence-corrected chi connectivity index (χ2v) is 6.73. The number of benzene rings is 2. The molecule has 0 aliphatic carbocycles. The smallest absolute Gasteiger partial charge is 0.182 e. The molecule has 0 radical (unpaired) electrons. The van der Waals surface area contributed by atoms with Gasteiger partial charge in [0.1, 0.15) is 5.82 Å². The van der Waals surface area contributed by atoms with Gasteiger partial charge in [-0.1, -0.05) is 23.8 Å². The first-order chi connectivity index (χ1) is 9.40. The lowest BCUT2D eigenvalue weighted by molar-refractivity contribution is 0.594. The summed E-state index contributed by atoms with van der Waals surface area (Å²) < 4.78 is 37.9. The van der Waals surface area contributed by atoms with E-state index in [9.17, 15) is 12.8 Å². The highest BCUT2D eigenvalue weighted by Crippen LogP contribution is 2.18. The highest BCUT2D eigenvalue weighted by atomic mass is 32.2. The van der Waals surface area contributed by atoms with Crippen LogP contribution < -0.4 is 5.73 Å². The van der Waals surface area contributed by atoms with Gasteiger partial charge in [-0.25, -0.2) is 12.8 Å². The predicted molar refractivity (Wildman–Crippen MR) is 76.4 cm³/mol. The first kappa shape index (κ1) is 14.7. The van der Waals surface area contributed by atoms with Crippen molar-refractivity contribution in [1.82, 2.24) is 0 Å². The van der Waals surface area contributed by atoms with Crippen molar-refractivity contribution in [2.24, 2.45) is 5.73 Å². The predicted octanol–water partition coefficient (Wildman–Crippen LogP) is 2.57. The van der Waals surface area contributed by atoms with Crippen LogP contribution in [0.3, 0.4) is 0 Å². The molecule has 2 aromatic carbocycles. The largest absolute Gasteiger partial charge is 0.326 e. The summed E-state index contributed by atoms with van der Waals surface area (Å²) >= 11 is 0. The van der Waals surface area contributed by atoms with Crippen molar-refractivity contribution in [2.45, 2.75) is 24.1 Å². The molecule has 106 valence electrons. The summed E-state index contributed by atoms with van der Waals surface area (Å²) in [5.41, 5.74) is 7.44. The fraction of sp³-hybridized carbons (Fsp3) is 0.200. The molecule has 2 aromatic rings. The van der Waals surface area contributed by atoms with E-state index >= 15 is 0 Å². The molecule has 0 aliphatic rings. The van der Waals surface area contributed by atoms with Gasteiger partial charge in [0.15, 0.2) is 9.84 Å². The zero-order chi connectivity index (χ0) is 14.8. The SMILES string of the molecule is Cc1ccc(S(=O)(=O)Cc2cc(F)cc(CN)c2)cc1. The van der Waals surface area contributed by atoms with Crippen LogP contribution in [-0.2, 0) is 22.1 Å². The molecule has 2 rings (SSSR count). The molecule has 0 heterocycles. The van der Waals surface area contributed by atoms with Gasteiger partial charge in [-0.05, 0) is 42.3 Å². The lowest BCUT2D eigenvalue weighted by Crippen LogP contribution is -2.06. The molecule has 20 heavy (non-hydrogen) atoms. The Labute approximate surface area is 118 Å². The Bertz CT molecular complexity index is 709. The van der Waals surface area contributed by atoms with Crippen LogP contribution in [-0.4, -0.2) is 8.42 Å². The number of rotatable bonds is 4. The fourth-order valence-electron chi connectivity index (χ4n) is 1.97. The van der Waals surface area contributed by atoms with Gasteiger partial charge >= 0.3 is 0 Å². The molecular weight excluding hydrogens is 277 g/mol. The van der Waals surface area contributed by atoms with E-state index in [2.05, 4.69) is 0 Å². The Balaban J connectivity index is 2.33. The molecule has 0 aromatic heterocycles. The van der Waals surface area contributed by atoms with Crippen LogP contribution >= 0.6 is 0 Å². The zero-order valence-electron chi connectivity index (χ0n) is 11.1. The van der Waals surface area contributed by atoms with Crippen molar-refractivity contribution in [3.63, 3.8) is 0 Å². The number of hydrogen-bond donors (Lipinski definition) is 1. The standard InChI is InChI=1S/C15H16FNO2S/c1-11-2-4-15(5-3-11)20(18,19)10-13-6-12(9-17)7-14(16)8-13/h2-8H,9-10,17H2,1H3. The van der Waals surface area contributed by atoms with Crippen LogP contribution in [0, 0.1) is 12.7 Å². The van der Waals surface area contributed by atoms with Crippen molar-refractivity contribution >= 4 is 9.84 Å². The summed E-state index contributed by atoms with van der Waals surface area (Å²) in [6.07, 6.45) is 0. The summed E-state index contributed by atoms with van der Waals surface area (Å²) in [7, 11) is -3.48. The van der Waals surface area contributed by atoms with Gasteiger partial charge in [0.05, 0.1) is 10.6 Å². The maximum atomic E-state index is 13.4. The minimum absolute atomic E-state index is 0.176. The van der Waals surface area contributed by atoms with Crippen LogP contribution in [0.1, 0.15) is 16.7 Å². The Hall–Kier alpha value is -1.72. The van der Waals surface area contributed by atoms with Crippen LogP contribution in [0.5, 0.6) is 0 Å². The summed E-state index contributed by atoms with van der Waals surface area (Å²) in [5.74, 6) is -0.706. The van der Waals surface area contributed by atoms with Gasteiger partial charge in [0.2, 0.25) is 0 Å². The van der Waals surface area contributed by atoms with E-state index in [1.807, 2.05) is 6.92 Å². The van der Waals surface area contributed by atoms with Gasteiger partial charge in [-0.15, -0.1) is 0 Å². The summed E-state index contributed by atoms with van der Waals surface area (Å²) in [5, 5.41) is 0. The minimum Gasteiger partial charge on any atom is -0.326 e. The zero-order valence-corrected chi connectivity index (χ0v) is 12.0. The molecule has 0 amide bonds. The number of nitrogens with two attached hydrogens (primary N) is 1. The van der Waals surface area contributed by atoms with E-state index in [1.54, 1.807) is 30.3 Å². The molecule has 0 bridgehead atoms. The Morgan fingerprint density at radius 3 is 2.25 bits per heavy atom. The molecule has 0 saturated carbocycles. The number of halogens is 1. The third kappa shape index (κ3) is 3.43. The molecule has 5 heteroatoms. The third-order valence-electron chi connectivity index (χ3n) is 2.99. The molecule has 0 spiro atoms. The minimum atomic E-state index is -3.48. The van der Waals surface area contributed by atoms with Gasteiger partial charge in [0, 0.05) is 6.54 Å². The maximum absolute atomic E-state index is 13.4. The van der Waals surface area contributed by atoms with Crippen molar-refractivity contribution in [2.75, 3.05) is 0 Å². The van der Waals surface area contributed by atoms with Crippen LogP contribution in [0.15, 0.2) is 47.4 Å². The molecule has 0 unspecified atom stereocenters. The third-order valence-corrected chi connectivity index (χ3v) is 4.69. The number of hydrogen-bond acceptors (Lipinski definition) is 3. The number of aryl methyl sites for hydroxylation is 1. The average molecular weight is 293 g/mol. The quantitative estimate of drug-likeness (QED) is 0.942. The highest BCUT2D eigenvalue weighted by molar-refractivity contribution is 7.90. The van der Waals surface area contributed by atoms with E-state index in [0.29, 0.717) is 11.1 Å². The van der Waals surface area contributed by atoms with Crippen LogP contribution in [0.4, 0.5) is 4.39 Å². The fourth-order valence-corrected chi connectivity index (χ4v) is 3.29. The van der Waals surface area contributed by atoms with E-state index in [0.717, 1.165) is 5.56 Å². The summed E-state index contributed by atoms with van der Waals surface area (Å²) in [4.78, 5) is 0.238. The molecular formula is C15H16FNO2S. The molecule has 0 saturated heterocycles. The molecule has 2 N–H and O–H groups in total. The Kier molecular flexibility index (Phi) is 4.20. The van der Waals surface area contributed by atoms with E-state index < -0.39 is 15.7 Å². The van der Waals surface area contributed by atoms with Crippen molar-refractivity contribution < 1.29 is 12.8 Å². The maximum Gasteiger partial charge on any atom is 0.182 e.